The number of rotatable bonds is 4. The van der Waals surface area contributed by atoms with E-state index < -0.39 is 17.7 Å². The molecule has 1 aliphatic rings. The SMILES string of the molecule is COc1ccc(/C(O)=C2\C(=O)C(=O)N(c3nc4cc(Cl)c(C)cc4s3)C2c2cccnc2)cc1. The Morgan fingerprint density at radius 1 is 1.18 bits per heavy atom. The number of carbonyl (C=O) groups is 2. The van der Waals surface area contributed by atoms with Gasteiger partial charge < -0.3 is 9.84 Å². The number of Topliss-reactive ketones (excluding diaryl/α,β-unsaturated/α-hetero) is 1. The van der Waals surface area contributed by atoms with Crippen LogP contribution in [0.2, 0.25) is 5.02 Å². The molecule has 0 radical (unpaired) electrons. The number of aryl methyl sites for hydroxylation is 1. The fraction of sp³-hybridized carbons (Fsp3) is 0.120. The summed E-state index contributed by atoms with van der Waals surface area (Å²) >= 11 is 7.54. The highest BCUT2D eigenvalue weighted by atomic mass is 35.5. The van der Waals surface area contributed by atoms with Gasteiger partial charge >= 0.3 is 5.91 Å². The summed E-state index contributed by atoms with van der Waals surface area (Å²) in [5.41, 5.74) is 2.44. The first-order valence-electron chi connectivity index (χ1n) is 10.3. The van der Waals surface area contributed by atoms with Crippen LogP contribution in [-0.2, 0) is 9.59 Å². The summed E-state index contributed by atoms with van der Waals surface area (Å²) in [5.74, 6) is -1.25. The van der Waals surface area contributed by atoms with Gasteiger partial charge in [0, 0.05) is 23.0 Å². The van der Waals surface area contributed by atoms with Gasteiger partial charge in [-0.2, -0.15) is 0 Å². The Bertz CT molecular complexity index is 1430. The van der Waals surface area contributed by atoms with Crippen molar-refractivity contribution in [2.24, 2.45) is 0 Å². The van der Waals surface area contributed by atoms with Crippen LogP contribution in [0.4, 0.5) is 5.13 Å². The molecule has 1 saturated heterocycles. The molecule has 0 bridgehead atoms. The topological polar surface area (TPSA) is 92.6 Å². The average molecular weight is 492 g/mol. The third-order valence-electron chi connectivity index (χ3n) is 5.67. The molecule has 1 atom stereocenters. The molecular formula is C25H18ClN3O4S. The van der Waals surface area contributed by atoms with Crippen LogP contribution < -0.4 is 9.64 Å². The van der Waals surface area contributed by atoms with Crippen LogP contribution in [0.1, 0.15) is 22.7 Å². The summed E-state index contributed by atoms with van der Waals surface area (Å²) < 4.78 is 6.00. The monoisotopic (exact) mass is 491 g/mol. The molecule has 1 N–H and O–H groups in total. The maximum absolute atomic E-state index is 13.3. The molecule has 2 aromatic heterocycles. The Kier molecular flexibility index (Phi) is 5.55. The van der Waals surface area contributed by atoms with Crippen LogP contribution in [0.5, 0.6) is 5.75 Å². The van der Waals surface area contributed by atoms with Gasteiger partial charge in [-0.1, -0.05) is 29.0 Å². The zero-order valence-corrected chi connectivity index (χ0v) is 19.7. The van der Waals surface area contributed by atoms with Crippen LogP contribution in [0.15, 0.2) is 66.5 Å². The van der Waals surface area contributed by atoms with Gasteiger partial charge in [-0.05, 0) is 60.5 Å². The van der Waals surface area contributed by atoms with Gasteiger partial charge in [-0.15, -0.1) is 0 Å². The van der Waals surface area contributed by atoms with Crippen LogP contribution in [-0.4, -0.2) is 33.9 Å². The van der Waals surface area contributed by atoms with E-state index in [1.54, 1.807) is 54.9 Å². The number of thiazole rings is 1. The fourth-order valence-corrected chi connectivity index (χ4v) is 5.16. The summed E-state index contributed by atoms with van der Waals surface area (Å²) in [6.07, 6.45) is 3.17. The van der Waals surface area contributed by atoms with E-state index in [1.807, 2.05) is 13.0 Å². The van der Waals surface area contributed by atoms with E-state index in [0.717, 1.165) is 10.3 Å². The largest absolute Gasteiger partial charge is 0.507 e. The second kappa shape index (κ2) is 8.55. The minimum Gasteiger partial charge on any atom is -0.507 e. The number of amides is 1. The number of pyridine rings is 1. The number of hydrogen-bond acceptors (Lipinski definition) is 7. The molecule has 1 unspecified atom stereocenters. The number of halogens is 1. The van der Waals surface area contributed by atoms with E-state index in [0.29, 0.717) is 32.5 Å². The van der Waals surface area contributed by atoms with E-state index >= 15 is 0 Å². The van der Waals surface area contributed by atoms with Crippen LogP contribution >= 0.6 is 22.9 Å². The van der Waals surface area contributed by atoms with Crippen molar-refractivity contribution in [2.75, 3.05) is 12.0 Å². The number of fused-ring (bicyclic) bond motifs is 1. The average Bonchev–Trinajstić information content (AvgIpc) is 3.37. The molecule has 0 saturated carbocycles. The number of aromatic nitrogens is 2. The molecule has 4 aromatic rings. The van der Waals surface area contributed by atoms with Crippen LogP contribution in [0.3, 0.4) is 0 Å². The summed E-state index contributed by atoms with van der Waals surface area (Å²) in [6, 6.07) is 12.8. The molecule has 2 aromatic carbocycles. The van der Waals surface area contributed by atoms with Crippen molar-refractivity contribution in [1.29, 1.82) is 0 Å². The molecule has 9 heteroatoms. The number of nitrogens with zero attached hydrogens (tertiary/aromatic N) is 3. The lowest BCUT2D eigenvalue weighted by Gasteiger charge is -2.22. The Labute approximate surface area is 203 Å². The van der Waals surface area contributed by atoms with Gasteiger partial charge in [0.1, 0.15) is 11.5 Å². The molecule has 1 aliphatic heterocycles. The number of ketones is 1. The highest BCUT2D eigenvalue weighted by Crippen LogP contribution is 2.44. The standard InChI is InChI=1S/C25H18ClN3O4S/c1-13-10-19-18(11-17(13)26)28-25(34-19)29-21(15-4-3-9-27-12-15)20(23(31)24(29)32)22(30)14-5-7-16(33-2)8-6-14/h3-12,21,30H,1-2H3/b22-20+. The van der Waals surface area contributed by atoms with Crippen molar-refractivity contribution in [2.45, 2.75) is 13.0 Å². The first-order chi connectivity index (χ1) is 16.4. The maximum Gasteiger partial charge on any atom is 0.301 e. The van der Waals surface area contributed by atoms with Crippen molar-refractivity contribution < 1.29 is 19.4 Å². The summed E-state index contributed by atoms with van der Waals surface area (Å²) in [7, 11) is 1.54. The van der Waals surface area contributed by atoms with Gasteiger partial charge in [0.2, 0.25) is 0 Å². The number of aliphatic hydroxyl groups excluding tert-OH is 1. The number of hydrogen-bond donors (Lipinski definition) is 1. The summed E-state index contributed by atoms with van der Waals surface area (Å²) in [6.45, 7) is 1.89. The molecule has 5 rings (SSSR count). The van der Waals surface area contributed by atoms with Crippen LogP contribution in [0, 0.1) is 6.92 Å². The lowest BCUT2D eigenvalue weighted by Crippen LogP contribution is -2.29. The molecule has 3 heterocycles. The predicted octanol–water partition coefficient (Wildman–Crippen LogP) is 5.29. The molecule has 0 aliphatic carbocycles. The second-order valence-electron chi connectivity index (χ2n) is 7.75. The molecule has 170 valence electrons. The minimum absolute atomic E-state index is 0.0309. The zero-order valence-electron chi connectivity index (χ0n) is 18.2. The molecule has 7 nitrogen and oxygen atoms in total. The van der Waals surface area contributed by atoms with Gasteiger partial charge in [0.25, 0.3) is 5.78 Å². The quantitative estimate of drug-likeness (QED) is 0.237. The second-order valence-corrected chi connectivity index (χ2v) is 9.17. The van der Waals surface area contributed by atoms with Crippen molar-refractivity contribution in [1.82, 2.24) is 9.97 Å². The summed E-state index contributed by atoms with van der Waals surface area (Å²) in [5, 5.41) is 12.1. The molecule has 1 amide bonds. The van der Waals surface area contributed by atoms with E-state index in [1.165, 1.54) is 23.3 Å². The Hall–Kier alpha value is -3.75. The normalized spacial score (nSPS) is 17.5. The fourth-order valence-electron chi connectivity index (χ4n) is 3.93. The third kappa shape index (κ3) is 3.61. The Balaban J connectivity index is 1.70. The van der Waals surface area contributed by atoms with E-state index in [-0.39, 0.29) is 11.3 Å². The van der Waals surface area contributed by atoms with Gasteiger partial charge in [0.05, 0.1) is 28.9 Å². The number of anilines is 1. The van der Waals surface area contributed by atoms with E-state index in [9.17, 15) is 14.7 Å². The van der Waals surface area contributed by atoms with E-state index in [4.69, 9.17) is 16.3 Å². The first kappa shape index (κ1) is 22.1. The lowest BCUT2D eigenvalue weighted by atomic mass is 9.96. The highest BCUT2D eigenvalue weighted by Gasteiger charge is 2.48. The van der Waals surface area contributed by atoms with Crippen molar-refractivity contribution >= 4 is 55.7 Å². The molecular weight excluding hydrogens is 474 g/mol. The number of benzene rings is 2. The highest BCUT2D eigenvalue weighted by molar-refractivity contribution is 7.22. The van der Waals surface area contributed by atoms with Crippen molar-refractivity contribution in [3.05, 3.63) is 88.2 Å². The first-order valence-corrected chi connectivity index (χ1v) is 11.5. The summed E-state index contributed by atoms with van der Waals surface area (Å²) in [4.78, 5) is 36.6. The molecule has 0 spiro atoms. The number of ether oxygens (including phenoxy) is 1. The minimum atomic E-state index is -0.895. The van der Waals surface area contributed by atoms with Gasteiger partial charge in [0.15, 0.2) is 5.13 Å². The van der Waals surface area contributed by atoms with Crippen molar-refractivity contribution in [3.8, 4) is 5.75 Å². The Morgan fingerprint density at radius 2 is 1.94 bits per heavy atom. The smallest absolute Gasteiger partial charge is 0.301 e. The lowest BCUT2D eigenvalue weighted by molar-refractivity contribution is -0.132. The number of methoxy groups -OCH3 is 1. The third-order valence-corrected chi connectivity index (χ3v) is 7.10. The maximum atomic E-state index is 13.3. The van der Waals surface area contributed by atoms with Gasteiger partial charge in [-0.3, -0.25) is 19.5 Å². The number of aliphatic hydroxyl groups is 1. The van der Waals surface area contributed by atoms with Crippen LogP contribution in [0.25, 0.3) is 16.0 Å². The number of carbonyl (C=O) groups excluding carboxylic acids is 2. The molecule has 34 heavy (non-hydrogen) atoms. The predicted molar refractivity (Wildman–Crippen MR) is 131 cm³/mol. The Morgan fingerprint density at radius 3 is 2.62 bits per heavy atom. The van der Waals surface area contributed by atoms with Gasteiger partial charge in [-0.25, -0.2) is 4.98 Å². The molecule has 1 fully saturated rings. The van der Waals surface area contributed by atoms with E-state index in [2.05, 4.69) is 9.97 Å². The van der Waals surface area contributed by atoms with Crippen molar-refractivity contribution in [3.63, 3.8) is 0 Å². The zero-order chi connectivity index (χ0) is 24.0.